The van der Waals surface area contributed by atoms with Crippen LogP contribution >= 0.6 is 11.3 Å². The third-order valence-electron chi connectivity index (χ3n) is 6.96. The first-order valence-electron chi connectivity index (χ1n) is 10.8. The Morgan fingerprint density at radius 2 is 1.86 bits per heavy atom. The predicted octanol–water partition coefficient (Wildman–Crippen LogP) is 2.78. The number of carbonyl (C=O) groups is 2. The van der Waals surface area contributed by atoms with Crippen LogP contribution in [0.1, 0.15) is 44.1 Å². The van der Waals surface area contributed by atoms with Gasteiger partial charge in [0.15, 0.2) is 0 Å². The van der Waals surface area contributed by atoms with Gasteiger partial charge >= 0.3 is 0 Å². The SMILES string of the molecule is O=C1CC2(CCCC2)CC(=O)N1C(Cc1csc2ncccc12)N1CCNCC1. The van der Waals surface area contributed by atoms with Crippen molar-refractivity contribution in [2.45, 2.75) is 51.1 Å². The average Bonchev–Trinajstić information content (AvgIpc) is 3.34. The molecule has 6 nitrogen and oxygen atoms in total. The minimum atomic E-state index is -0.200. The molecule has 1 unspecified atom stereocenters. The van der Waals surface area contributed by atoms with E-state index in [1.807, 2.05) is 12.3 Å². The van der Waals surface area contributed by atoms with Gasteiger partial charge < -0.3 is 5.32 Å². The molecule has 2 aromatic heterocycles. The van der Waals surface area contributed by atoms with Crippen molar-refractivity contribution in [2.24, 2.45) is 5.41 Å². The highest BCUT2D eigenvalue weighted by molar-refractivity contribution is 7.16. The van der Waals surface area contributed by atoms with Crippen molar-refractivity contribution in [1.82, 2.24) is 20.1 Å². The van der Waals surface area contributed by atoms with Crippen molar-refractivity contribution in [3.63, 3.8) is 0 Å². The Morgan fingerprint density at radius 1 is 1.14 bits per heavy atom. The molecule has 0 radical (unpaired) electrons. The van der Waals surface area contributed by atoms with E-state index in [2.05, 4.69) is 26.6 Å². The number of pyridine rings is 1. The Morgan fingerprint density at radius 3 is 2.59 bits per heavy atom. The molecular formula is C22H28N4O2S. The Balaban J connectivity index is 1.45. The molecule has 1 aliphatic carbocycles. The second kappa shape index (κ2) is 7.78. The summed E-state index contributed by atoms with van der Waals surface area (Å²) in [6.45, 7) is 3.49. The summed E-state index contributed by atoms with van der Waals surface area (Å²) in [7, 11) is 0. The first-order valence-corrected chi connectivity index (χ1v) is 11.6. The van der Waals surface area contributed by atoms with Gasteiger partial charge in [0.25, 0.3) is 0 Å². The molecule has 1 N–H and O–H groups in total. The Labute approximate surface area is 175 Å². The van der Waals surface area contributed by atoms with Crippen LogP contribution in [0.25, 0.3) is 10.2 Å². The molecule has 29 heavy (non-hydrogen) atoms. The summed E-state index contributed by atoms with van der Waals surface area (Å²) >= 11 is 1.64. The van der Waals surface area contributed by atoms with Gasteiger partial charge in [-0.1, -0.05) is 18.9 Å². The van der Waals surface area contributed by atoms with Crippen molar-refractivity contribution in [3.8, 4) is 0 Å². The van der Waals surface area contributed by atoms with E-state index in [4.69, 9.17) is 0 Å². The molecule has 4 heterocycles. The lowest BCUT2D eigenvalue weighted by atomic mass is 9.76. The van der Waals surface area contributed by atoms with Gasteiger partial charge in [-0.05, 0) is 35.3 Å². The zero-order chi connectivity index (χ0) is 19.8. The molecule has 5 rings (SSSR count). The highest BCUT2D eigenvalue weighted by atomic mass is 32.1. The number of nitrogens with one attached hydrogen (secondary N) is 1. The molecule has 2 saturated heterocycles. The number of likely N-dealkylation sites (tertiary alicyclic amines) is 1. The van der Waals surface area contributed by atoms with Crippen LogP contribution in [-0.4, -0.2) is 58.9 Å². The van der Waals surface area contributed by atoms with Gasteiger partial charge in [0.05, 0.1) is 6.17 Å². The van der Waals surface area contributed by atoms with Crippen LogP contribution in [0.2, 0.25) is 0 Å². The zero-order valence-corrected chi connectivity index (χ0v) is 17.5. The minimum absolute atomic E-state index is 0.0318. The molecule has 7 heteroatoms. The summed E-state index contributed by atoms with van der Waals surface area (Å²) in [5.74, 6) is 0.0636. The lowest BCUT2D eigenvalue weighted by molar-refractivity contribution is -0.161. The van der Waals surface area contributed by atoms with Gasteiger partial charge in [-0.25, -0.2) is 4.98 Å². The smallest absolute Gasteiger partial charge is 0.231 e. The van der Waals surface area contributed by atoms with Gasteiger partial charge in [0.2, 0.25) is 11.8 Å². The number of amides is 2. The lowest BCUT2D eigenvalue weighted by Gasteiger charge is -2.45. The summed E-state index contributed by atoms with van der Waals surface area (Å²) < 4.78 is 0. The first-order chi connectivity index (χ1) is 14.2. The number of imide groups is 1. The second-order valence-corrected chi connectivity index (χ2v) is 9.66. The summed E-state index contributed by atoms with van der Waals surface area (Å²) in [5, 5.41) is 6.67. The largest absolute Gasteiger partial charge is 0.314 e. The maximum atomic E-state index is 13.3. The van der Waals surface area contributed by atoms with Crippen molar-refractivity contribution in [3.05, 3.63) is 29.3 Å². The number of rotatable bonds is 4. The molecule has 154 valence electrons. The van der Waals surface area contributed by atoms with Crippen molar-refractivity contribution < 1.29 is 9.59 Å². The summed E-state index contributed by atoms with van der Waals surface area (Å²) in [4.78, 5) is 36.0. The number of nitrogens with zero attached hydrogens (tertiary/aromatic N) is 3. The number of piperazine rings is 1. The van der Waals surface area contributed by atoms with Crippen LogP contribution in [0.3, 0.4) is 0 Å². The molecular weight excluding hydrogens is 384 g/mol. The standard InChI is InChI=1S/C22H28N4O2S/c27-19-13-22(5-1-2-6-22)14-20(28)26(19)18(25-10-8-23-9-11-25)12-16-15-29-21-17(16)4-3-7-24-21/h3-4,7,15,18,23H,1-2,5-6,8-14H2. The first kappa shape index (κ1) is 19.2. The van der Waals surface area contributed by atoms with Crippen LogP contribution in [-0.2, 0) is 16.0 Å². The molecule has 0 aromatic carbocycles. The van der Waals surface area contributed by atoms with Crippen LogP contribution in [0.15, 0.2) is 23.7 Å². The fourth-order valence-corrected chi connectivity index (χ4v) is 6.39. The Kier molecular flexibility index (Phi) is 5.14. The van der Waals surface area contributed by atoms with Gasteiger partial charge in [0, 0.05) is 57.0 Å². The third-order valence-corrected chi connectivity index (χ3v) is 7.91. The number of carbonyl (C=O) groups excluding carboxylic acids is 2. The topological polar surface area (TPSA) is 65.5 Å². The van der Waals surface area contributed by atoms with E-state index < -0.39 is 0 Å². The highest BCUT2D eigenvalue weighted by Gasteiger charge is 2.48. The summed E-state index contributed by atoms with van der Waals surface area (Å²) in [6, 6.07) is 4.05. The predicted molar refractivity (Wildman–Crippen MR) is 114 cm³/mol. The molecule has 2 amide bonds. The third kappa shape index (κ3) is 3.60. The molecule has 3 aliphatic rings. The summed E-state index contributed by atoms with van der Waals surface area (Å²) in [5.41, 5.74) is 1.13. The van der Waals surface area contributed by atoms with E-state index in [0.717, 1.165) is 62.1 Å². The number of fused-ring (bicyclic) bond motifs is 1. The molecule has 0 bridgehead atoms. The number of thiophene rings is 1. The average molecular weight is 413 g/mol. The number of hydrogen-bond acceptors (Lipinski definition) is 6. The Hall–Kier alpha value is -1.83. The minimum Gasteiger partial charge on any atom is -0.314 e. The van der Waals surface area contributed by atoms with Crippen molar-refractivity contribution in [1.29, 1.82) is 0 Å². The molecule has 2 aromatic rings. The van der Waals surface area contributed by atoms with Gasteiger partial charge in [-0.2, -0.15) is 0 Å². The molecule has 3 fully saturated rings. The number of piperidine rings is 1. The fraction of sp³-hybridized carbons (Fsp3) is 0.591. The molecule has 1 atom stereocenters. The molecule has 2 aliphatic heterocycles. The summed E-state index contributed by atoms with van der Waals surface area (Å²) in [6.07, 6.45) is 7.71. The zero-order valence-electron chi connectivity index (χ0n) is 16.7. The van der Waals surface area contributed by atoms with E-state index in [-0.39, 0.29) is 23.4 Å². The molecule has 1 saturated carbocycles. The van der Waals surface area contributed by atoms with Gasteiger partial charge in [0.1, 0.15) is 4.83 Å². The quantitative estimate of drug-likeness (QED) is 0.783. The normalized spacial score (nSPS) is 23.9. The number of hydrogen-bond donors (Lipinski definition) is 1. The number of aromatic nitrogens is 1. The maximum absolute atomic E-state index is 13.3. The van der Waals surface area contributed by atoms with E-state index in [0.29, 0.717) is 19.3 Å². The molecule has 1 spiro atoms. The lowest BCUT2D eigenvalue weighted by Crippen LogP contribution is -2.61. The van der Waals surface area contributed by atoms with Crippen LogP contribution in [0.4, 0.5) is 0 Å². The van der Waals surface area contributed by atoms with Gasteiger partial charge in [-0.15, -0.1) is 11.3 Å². The van der Waals surface area contributed by atoms with Crippen LogP contribution in [0.5, 0.6) is 0 Å². The van der Waals surface area contributed by atoms with E-state index >= 15 is 0 Å². The van der Waals surface area contributed by atoms with Gasteiger partial charge in [-0.3, -0.25) is 19.4 Å². The van der Waals surface area contributed by atoms with Crippen molar-refractivity contribution in [2.75, 3.05) is 26.2 Å². The van der Waals surface area contributed by atoms with E-state index in [9.17, 15) is 9.59 Å². The Bertz CT molecular complexity index is 894. The van der Waals surface area contributed by atoms with Crippen LogP contribution in [0, 0.1) is 5.41 Å². The highest BCUT2D eigenvalue weighted by Crippen LogP contribution is 2.47. The van der Waals surface area contributed by atoms with Crippen molar-refractivity contribution >= 4 is 33.4 Å². The van der Waals surface area contributed by atoms with E-state index in [1.165, 1.54) is 5.56 Å². The van der Waals surface area contributed by atoms with Crippen LogP contribution < -0.4 is 5.32 Å². The fourth-order valence-electron chi connectivity index (χ4n) is 5.46. The maximum Gasteiger partial charge on any atom is 0.231 e. The van der Waals surface area contributed by atoms with E-state index in [1.54, 1.807) is 16.2 Å². The second-order valence-electron chi connectivity index (χ2n) is 8.81. The monoisotopic (exact) mass is 412 g/mol.